The summed E-state index contributed by atoms with van der Waals surface area (Å²) in [5.41, 5.74) is 0.866. The zero-order chi connectivity index (χ0) is 20.5. The van der Waals surface area contributed by atoms with Gasteiger partial charge < -0.3 is 25.2 Å². The maximum atomic E-state index is 12.0. The summed E-state index contributed by atoms with van der Waals surface area (Å²) < 4.78 is 5.05. The Hall–Kier alpha value is -3.43. The second-order valence-electron chi connectivity index (χ2n) is 6.33. The van der Waals surface area contributed by atoms with Crippen molar-refractivity contribution in [2.75, 3.05) is 44.5 Å². The van der Waals surface area contributed by atoms with E-state index >= 15 is 0 Å². The third-order valence-electron chi connectivity index (χ3n) is 3.51. The van der Waals surface area contributed by atoms with E-state index in [9.17, 15) is 9.59 Å². The lowest BCUT2D eigenvalue weighted by Gasteiger charge is -2.16. The first-order valence-electron chi connectivity index (χ1n) is 8.66. The van der Waals surface area contributed by atoms with Gasteiger partial charge in [-0.1, -0.05) is 30.3 Å². The molecule has 0 aliphatic heterocycles. The lowest BCUT2D eigenvalue weighted by molar-refractivity contribution is -0.120. The number of amides is 2. The highest BCUT2D eigenvalue weighted by Crippen LogP contribution is 2.10. The summed E-state index contributed by atoms with van der Waals surface area (Å²) in [6.45, 7) is 0.0450. The second-order valence-corrected chi connectivity index (χ2v) is 6.33. The molecule has 0 bridgehead atoms. The summed E-state index contributed by atoms with van der Waals surface area (Å²) in [6, 6.07) is 9.28. The molecule has 0 saturated carbocycles. The van der Waals surface area contributed by atoms with Crippen molar-refractivity contribution < 1.29 is 14.3 Å². The van der Waals surface area contributed by atoms with E-state index in [2.05, 4.69) is 25.6 Å². The predicted molar refractivity (Wildman–Crippen MR) is 105 cm³/mol. The van der Waals surface area contributed by atoms with Gasteiger partial charge in [0.15, 0.2) is 5.82 Å². The maximum absolute atomic E-state index is 12.0. The molecule has 1 aromatic heterocycles. The quantitative estimate of drug-likeness (QED) is 0.675. The van der Waals surface area contributed by atoms with Gasteiger partial charge in [-0.15, -0.1) is 0 Å². The van der Waals surface area contributed by atoms with Crippen molar-refractivity contribution in [2.45, 2.75) is 13.2 Å². The van der Waals surface area contributed by atoms with Crippen molar-refractivity contribution in [2.24, 2.45) is 0 Å². The van der Waals surface area contributed by atoms with Crippen LogP contribution >= 0.6 is 0 Å². The molecule has 2 N–H and O–H groups in total. The summed E-state index contributed by atoms with van der Waals surface area (Å²) in [5, 5.41) is 5.07. The first kappa shape index (κ1) is 20.9. The van der Waals surface area contributed by atoms with Gasteiger partial charge in [0.25, 0.3) is 0 Å². The van der Waals surface area contributed by atoms with Crippen LogP contribution in [0, 0.1) is 0 Å². The molecule has 0 aliphatic carbocycles. The molecule has 0 unspecified atom stereocenters. The molecule has 2 aromatic rings. The van der Waals surface area contributed by atoms with E-state index in [0.717, 1.165) is 5.56 Å². The fourth-order valence-electron chi connectivity index (χ4n) is 2.04. The summed E-state index contributed by atoms with van der Waals surface area (Å²) in [4.78, 5) is 40.0. The van der Waals surface area contributed by atoms with Gasteiger partial charge in [-0.05, 0) is 5.56 Å². The van der Waals surface area contributed by atoms with Gasteiger partial charge in [-0.2, -0.15) is 15.0 Å². The van der Waals surface area contributed by atoms with Gasteiger partial charge >= 0.3 is 6.09 Å². The molecular weight excluding hydrogens is 362 g/mol. The van der Waals surface area contributed by atoms with Crippen molar-refractivity contribution in [1.82, 2.24) is 25.6 Å². The minimum Gasteiger partial charge on any atom is -0.445 e. The fourth-order valence-corrected chi connectivity index (χ4v) is 2.04. The molecule has 10 nitrogen and oxygen atoms in total. The normalized spacial score (nSPS) is 10.1. The predicted octanol–water partition coefficient (Wildman–Crippen LogP) is 0.546. The number of alkyl carbamates (subject to hydrolysis) is 1. The lowest BCUT2D eigenvalue weighted by Crippen LogP contribution is -2.37. The van der Waals surface area contributed by atoms with Crippen molar-refractivity contribution in [1.29, 1.82) is 0 Å². The molecule has 1 heterocycles. The molecule has 0 saturated heterocycles. The Labute approximate surface area is 163 Å². The second kappa shape index (κ2) is 10.0. The molecule has 28 heavy (non-hydrogen) atoms. The number of aromatic nitrogens is 3. The van der Waals surface area contributed by atoms with Crippen LogP contribution in [0.3, 0.4) is 0 Å². The molecule has 2 amide bonds. The first-order valence-corrected chi connectivity index (χ1v) is 8.66. The first-order chi connectivity index (χ1) is 13.3. The molecule has 0 spiro atoms. The molecule has 2 rings (SSSR count). The van der Waals surface area contributed by atoms with Gasteiger partial charge in [-0.25, -0.2) is 4.79 Å². The third kappa shape index (κ3) is 6.71. The van der Waals surface area contributed by atoms with E-state index in [1.807, 2.05) is 58.5 Å². The Morgan fingerprint density at radius 1 is 0.929 bits per heavy atom. The van der Waals surface area contributed by atoms with Gasteiger partial charge in [0.1, 0.15) is 13.2 Å². The van der Waals surface area contributed by atoms with Crippen LogP contribution in [0.2, 0.25) is 0 Å². The Bertz CT molecular complexity index is 771. The van der Waals surface area contributed by atoms with Gasteiger partial charge in [-0.3, -0.25) is 4.79 Å². The third-order valence-corrected chi connectivity index (χ3v) is 3.51. The molecule has 0 fully saturated rings. The van der Waals surface area contributed by atoms with Crippen LogP contribution in [0.5, 0.6) is 0 Å². The van der Waals surface area contributed by atoms with Crippen LogP contribution in [0.15, 0.2) is 30.3 Å². The van der Waals surface area contributed by atoms with Crippen molar-refractivity contribution >= 4 is 23.9 Å². The Morgan fingerprint density at radius 2 is 1.54 bits per heavy atom. The standard InChI is InChI=1S/C18H25N7O3/c1-24(2)16-21-14(22-17(23-16)25(3)4)10-19-15(26)11-20-18(27)28-12-13-8-6-5-7-9-13/h5-9H,10-12H2,1-4H3,(H,19,26)(H,20,27). The highest BCUT2D eigenvalue weighted by molar-refractivity contribution is 5.82. The Morgan fingerprint density at radius 3 is 2.11 bits per heavy atom. The highest BCUT2D eigenvalue weighted by Gasteiger charge is 2.11. The topological polar surface area (TPSA) is 113 Å². The van der Waals surface area contributed by atoms with Crippen LogP contribution in [0.25, 0.3) is 0 Å². The van der Waals surface area contributed by atoms with Crippen molar-refractivity contribution in [3.63, 3.8) is 0 Å². The largest absolute Gasteiger partial charge is 0.445 e. The van der Waals surface area contributed by atoms with Crippen LogP contribution in [0.4, 0.5) is 16.7 Å². The van der Waals surface area contributed by atoms with Crippen LogP contribution in [-0.2, 0) is 22.7 Å². The van der Waals surface area contributed by atoms with E-state index in [0.29, 0.717) is 17.7 Å². The maximum Gasteiger partial charge on any atom is 0.407 e. The number of rotatable bonds is 8. The summed E-state index contributed by atoms with van der Waals surface area (Å²) in [6.07, 6.45) is -0.663. The molecule has 0 atom stereocenters. The number of benzene rings is 1. The molecule has 150 valence electrons. The molecule has 10 heteroatoms. The zero-order valence-electron chi connectivity index (χ0n) is 16.5. The number of nitrogens with one attached hydrogen (secondary N) is 2. The van der Waals surface area contributed by atoms with Gasteiger partial charge in [0.2, 0.25) is 17.8 Å². The van der Waals surface area contributed by atoms with Gasteiger partial charge in [0.05, 0.1) is 6.54 Å². The van der Waals surface area contributed by atoms with Gasteiger partial charge in [0, 0.05) is 28.2 Å². The number of carbonyl (C=O) groups excluding carboxylic acids is 2. The summed E-state index contributed by atoms with van der Waals surface area (Å²) in [5.74, 6) is 1.02. The molecule has 0 radical (unpaired) electrons. The summed E-state index contributed by atoms with van der Waals surface area (Å²) >= 11 is 0. The minimum atomic E-state index is -0.663. The van der Waals surface area contributed by atoms with Crippen LogP contribution in [-0.4, -0.2) is 61.7 Å². The number of hydrogen-bond acceptors (Lipinski definition) is 8. The average molecular weight is 387 g/mol. The number of anilines is 2. The number of carbonyl (C=O) groups is 2. The Kier molecular flexibility index (Phi) is 7.49. The monoisotopic (exact) mass is 387 g/mol. The van der Waals surface area contributed by atoms with Crippen LogP contribution < -0.4 is 20.4 Å². The molecule has 1 aromatic carbocycles. The number of ether oxygens (including phenoxy) is 1. The molecular formula is C18H25N7O3. The van der Waals surface area contributed by atoms with E-state index in [1.54, 1.807) is 9.80 Å². The Balaban J connectivity index is 1.79. The average Bonchev–Trinajstić information content (AvgIpc) is 2.69. The van der Waals surface area contributed by atoms with Crippen molar-refractivity contribution in [3.05, 3.63) is 41.7 Å². The smallest absolute Gasteiger partial charge is 0.407 e. The van der Waals surface area contributed by atoms with Crippen molar-refractivity contribution in [3.8, 4) is 0 Å². The number of hydrogen-bond donors (Lipinski definition) is 2. The SMILES string of the molecule is CN(C)c1nc(CNC(=O)CNC(=O)OCc2ccccc2)nc(N(C)C)n1. The number of nitrogens with zero attached hydrogens (tertiary/aromatic N) is 5. The van der Waals surface area contributed by atoms with E-state index in [1.165, 1.54) is 0 Å². The summed E-state index contributed by atoms with van der Waals surface area (Å²) in [7, 11) is 7.29. The highest BCUT2D eigenvalue weighted by atomic mass is 16.5. The van der Waals surface area contributed by atoms with E-state index < -0.39 is 6.09 Å². The van der Waals surface area contributed by atoms with Crippen LogP contribution in [0.1, 0.15) is 11.4 Å². The zero-order valence-corrected chi connectivity index (χ0v) is 16.5. The lowest BCUT2D eigenvalue weighted by atomic mass is 10.2. The fraction of sp³-hybridized carbons (Fsp3) is 0.389. The minimum absolute atomic E-state index is 0.115. The molecule has 0 aliphatic rings. The van der Waals surface area contributed by atoms with E-state index in [-0.39, 0.29) is 25.6 Å². The van der Waals surface area contributed by atoms with E-state index in [4.69, 9.17) is 4.74 Å².